The lowest BCUT2D eigenvalue weighted by atomic mass is 9.72. The second-order valence-corrected chi connectivity index (χ2v) is 6.98. The number of piperidine rings is 1. The smallest absolute Gasteiger partial charge is 0.316 e. The minimum Gasteiger partial charge on any atom is -0.468 e. The minimum absolute atomic E-state index is 0.0184. The molecule has 0 radical (unpaired) electrons. The number of hydrogen-bond donors (Lipinski definition) is 0. The highest BCUT2D eigenvalue weighted by Gasteiger charge is 2.44. The van der Waals surface area contributed by atoms with Gasteiger partial charge in [-0.25, -0.2) is 4.39 Å². The van der Waals surface area contributed by atoms with Crippen molar-refractivity contribution < 1.29 is 18.7 Å². The van der Waals surface area contributed by atoms with Gasteiger partial charge in [0.1, 0.15) is 5.82 Å². The molecular formula is C23H24FNO3. The molecule has 0 spiro atoms. The number of rotatable bonds is 5. The summed E-state index contributed by atoms with van der Waals surface area (Å²) in [7, 11) is 1.41. The molecule has 1 fully saturated rings. The zero-order chi connectivity index (χ0) is 20.0. The van der Waals surface area contributed by atoms with E-state index in [1.54, 1.807) is 23.1 Å². The molecule has 4 nitrogen and oxygen atoms in total. The fourth-order valence-corrected chi connectivity index (χ4v) is 3.70. The maximum atomic E-state index is 12.9. The Morgan fingerprint density at radius 2 is 1.71 bits per heavy atom. The van der Waals surface area contributed by atoms with Crippen LogP contribution in [0.15, 0.2) is 60.7 Å². The molecule has 0 saturated carbocycles. The highest BCUT2D eigenvalue weighted by atomic mass is 19.1. The van der Waals surface area contributed by atoms with Crippen molar-refractivity contribution in [3.63, 3.8) is 0 Å². The van der Waals surface area contributed by atoms with E-state index in [0.29, 0.717) is 25.9 Å². The van der Waals surface area contributed by atoms with E-state index in [1.165, 1.54) is 19.2 Å². The van der Waals surface area contributed by atoms with E-state index in [-0.39, 0.29) is 24.1 Å². The molecule has 5 heteroatoms. The van der Waals surface area contributed by atoms with Crippen LogP contribution in [0.5, 0.6) is 0 Å². The van der Waals surface area contributed by atoms with Crippen LogP contribution in [-0.4, -0.2) is 37.0 Å². The maximum absolute atomic E-state index is 12.9. The number of amides is 1. The van der Waals surface area contributed by atoms with E-state index in [2.05, 4.69) is 0 Å². The molecule has 0 bridgehead atoms. The Labute approximate surface area is 164 Å². The molecule has 28 heavy (non-hydrogen) atoms. The number of benzene rings is 2. The molecule has 2 aromatic carbocycles. The fraction of sp³-hybridized carbons (Fsp3) is 0.304. The average molecular weight is 381 g/mol. The largest absolute Gasteiger partial charge is 0.468 e. The normalized spacial score (nSPS) is 16.1. The molecule has 1 saturated heterocycles. The van der Waals surface area contributed by atoms with Gasteiger partial charge in [0.2, 0.25) is 5.91 Å². The summed E-state index contributed by atoms with van der Waals surface area (Å²) >= 11 is 0. The van der Waals surface area contributed by atoms with E-state index < -0.39 is 5.41 Å². The Bertz CT molecular complexity index is 838. The van der Waals surface area contributed by atoms with Crippen molar-refractivity contribution >= 4 is 18.0 Å². The molecule has 1 aliphatic heterocycles. The van der Waals surface area contributed by atoms with E-state index >= 15 is 0 Å². The average Bonchev–Trinajstić information content (AvgIpc) is 2.75. The molecule has 1 amide bonds. The molecule has 3 rings (SSSR count). The standard InChI is InChI=1S/C23H24FNO3/c1-28-22(27)23(19-7-3-2-4-8-19)14-16-25(17-15-23)21(26)9-5-6-18-10-12-20(24)13-11-18/h2-8,10-13H,9,14-17H2,1H3. The van der Waals surface area contributed by atoms with Gasteiger partial charge in [-0.3, -0.25) is 9.59 Å². The Hall–Kier alpha value is -2.95. The first kappa shape index (κ1) is 19.8. The molecular weight excluding hydrogens is 357 g/mol. The summed E-state index contributed by atoms with van der Waals surface area (Å²) in [5.41, 5.74) is 1.09. The monoisotopic (exact) mass is 381 g/mol. The SMILES string of the molecule is COC(=O)C1(c2ccccc2)CCN(C(=O)CC=Cc2ccc(F)cc2)CC1. The van der Waals surface area contributed by atoms with Crippen molar-refractivity contribution in [1.82, 2.24) is 4.90 Å². The topological polar surface area (TPSA) is 46.6 Å². The molecule has 0 N–H and O–H groups in total. The summed E-state index contributed by atoms with van der Waals surface area (Å²) in [6.07, 6.45) is 4.95. The first-order valence-electron chi connectivity index (χ1n) is 9.39. The zero-order valence-electron chi connectivity index (χ0n) is 15.9. The molecule has 0 aliphatic carbocycles. The molecule has 0 unspecified atom stereocenters. The number of halogens is 1. The zero-order valence-corrected chi connectivity index (χ0v) is 15.9. The molecule has 146 valence electrons. The molecule has 0 aromatic heterocycles. The van der Waals surface area contributed by atoms with Gasteiger partial charge in [0.15, 0.2) is 0 Å². The Morgan fingerprint density at radius 1 is 1.07 bits per heavy atom. The molecule has 2 aromatic rings. The summed E-state index contributed by atoms with van der Waals surface area (Å²) in [5, 5.41) is 0. The quantitative estimate of drug-likeness (QED) is 0.737. The number of likely N-dealkylation sites (tertiary alicyclic amines) is 1. The van der Waals surface area contributed by atoms with Crippen molar-refractivity contribution in [3.05, 3.63) is 77.6 Å². The molecule has 0 atom stereocenters. The second-order valence-electron chi connectivity index (χ2n) is 6.98. The first-order chi connectivity index (χ1) is 13.5. The molecule has 1 heterocycles. The van der Waals surface area contributed by atoms with Crippen LogP contribution < -0.4 is 0 Å². The second kappa shape index (κ2) is 8.83. The third-order valence-corrected chi connectivity index (χ3v) is 5.34. The third kappa shape index (κ3) is 4.30. The highest BCUT2D eigenvalue weighted by molar-refractivity contribution is 5.84. The van der Waals surface area contributed by atoms with Crippen LogP contribution in [0, 0.1) is 5.82 Å². The Morgan fingerprint density at radius 3 is 2.32 bits per heavy atom. The van der Waals surface area contributed by atoms with Gasteiger partial charge < -0.3 is 9.64 Å². The van der Waals surface area contributed by atoms with Crippen molar-refractivity contribution in [2.24, 2.45) is 0 Å². The van der Waals surface area contributed by atoms with Crippen LogP contribution in [0.2, 0.25) is 0 Å². The van der Waals surface area contributed by atoms with E-state index in [4.69, 9.17) is 4.74 Å². The number of hydrogen-bond acceptors (Lipinski definition) is 3. The van der Waals surface area contributed by atoms with E-state index in [9.17, 15) is 14.0 Å². The van der Waals surface area contributed by atoms with Gasteiger partial charge in [-0.1, -0.05) is 54.6 Å². The van der Waals surface area contributed by atoms with Crippen LogP contribution in [0.25, 0.3) is 6.08 Å². The van der Waals surface area contributed by atoms with Gasteiger partial charge in [0, 0.05) is 19.5 Å². The van der Waals surface area contributed by atoms with Gasteiger partial charge in [-0.05, 0) is 36.1 Å². The van der Waals surface area contributed by atoms with E-state index in [0.717, 1.165) is 11.1 Å². The summed E-state index contributed by atoms with van der Waals surface area (Å²) in [4.78, 5) is 26.9. The number of esters is 1. The van der Waals surface area contributed by atoms with E-state index in [1.807, 2.05) is 36.4 Å². The van der Waals surface area contributed by atoms with Crippen LogP contribution in [-0.2, 0) is 19.7 Å². The lowest BCUT2D eigenvalue weighted by Gasteiger charge is -2.40. The summed E-state index contributed by atoms with van der Waals surface area (Å²) in [5.74, 6) is -0.513. The van der Waals surface area contributed by atoms with Gasteiger partial charge in [-0.15, -0.1) is 0 Å². The first-order valence-corrected chi connectivity index (χ1v) is 9.39. The van der Waals surface area contributed by atoms with Crippen LogP contribution in [0.4, 0.5) is 4.39 Å². The Balaban J connectivity index is 1.62. The number of nitrogens with zero attached hydrogens (tertiary/aromatic N) is 1. The predicted molar refractivity (Wildman–Crippen MR) is 106 cm³/mol. The van der Waals surface area contributed by atoms with Gasteiger partial charge >= 0.3 is 5.97 Å². The predicted octanol–water partition coefficient (Wildman–Crippen LogP) is 3.96. The lowest BCUT2D eigenvalue weighted by Crippen LogP contribution is -2.49. The highest BCUT2D eigenvalue weighted by Crippen LogP contribution is 2.37. The lowest BCUT2D eigenvalue weighted by molar-refractivity contribution is -0.151. The van der Waals surface area contributed by atoms with Crippen molar-refractivity contribution in [2.45, 2.75) is 24.7 Å². The number of carbonyl (C=O) groups is 2. The van der Waals surface area contributed by atoms with Gasteiger partial charge in [-0.2, -0.15) is 0 Å². The number of ether oxygens (including phenoxy) is 1. The van der Waals surface area contributed by atoms with Crippen LogP contribution in [0.1, 0.15) is 30.4 Å². The number of carbonyl (C=O) groups excluding carboxylic acids is 2. The fourth-order valence-electron chi connectivity index (χ4n) is 3.70. The van der Waals surface area contributed by atoms with Crippen molar-refractivity contribution in [3.8, 4) is 0 Å². The summed E-state index contributed by atoms with van der Waals surface area (Å²) in [6.45, 7) is 1.01. The number of methoxy groups -OCH3 is 1. The summed E-state index contributed by atoms with van der Waals surface area (Å²) < 4.78 is 18.0. The van der Waals surface area contributed by atoms with Crippen molar-refractivity contribution in [1.29, 1.82) is 0 Å². The molecule has 1 aliphatic rings. The minimum atomic E-state index is -0.698. The third-order valence-electron chi connectivity index (χ3n) is 5.34. The van der Waals surface area contributed by atoms with Gasteiger partial charge in [0.05, 0.1) is 12.5 Å². The van der Waals surface area contributed by atoms with Crippen LogP contribution >= 0.6 is 0 Å². The van der Waals surface area contributed by atoms with Crippen molar-refractivity contribution in [2.75, 3.05) is 20.2 Å². The maximum Gasteiger partial charge on any atom is 0.316 e. The Kier molecular flexibility index (Phi) is 6.24. The summed E-state index contributed by atoms with van der Waals surface area (Å²) in [6, 6.07) is 15.8. The van der Waals surface area contributed by atoms with Crippen LogP contribution in [0.3, 0.4) is 0 Å². The van der Waals surface area contributed by atoms with Gasteiger partial charge in [0.25, 0.3) is 0 Å².